The molecule has 2 rings (SSSR count). The van der Waals surface area contributed by atoms with E-state index in [9.17, 15) is 4.79 Å². The van der Waals surface area contributed by atoms with Gasteiger partial charge in [-0.25, -0.2) is 0 Å². The summed E-state index contributed by atoms with van der Waals surface area (Å²) in [6.45, 7) is 0. The van der Waals surface area contributed by atoms with Gasteiger partial charge in [0.15, 0.2) is 0 Å². The summed E-state index contributed by atoms with van der Waals surface area (Å²) >= 11 is 0. The zero-order chi connectivity index (χ0) is 9.97. The van der Waals surface area contributed by atoms with Gasteiger partial charge in [-0.3, -0.25) is 4.79 Å². The average Bonchev–Trinajstić information content (AvgIpc) is 2.75. The van der Waals surface area contributed by atoms with Crippen molar-refractivity contribution in [2.75, 3.05) is 0 Å². The smallest absolute Gasteiger partial charge is 0.141 e. The van der Waals surface area contributed by atoms with E-state index in [0.29, 0.717) is 12.2 Å². The van der Waals surface area contributed by atoms with Crippen molar-refractivity contribution in [2.45, 2.75) is 51.0 Å². The Balaban J connectivity index is 1.88. The van der Waals surface area contributed by atoms with E-state index in [-0.39, 0.29) is 12.0 Å². The predicted octanol–water partition coefficient (Wildman–Crippen LogP) is 2.18. The highest BCUT2D eigenvalue weighted by molar-refractivity contribution is 5.84. The quantitative estimate of drug-likeness (QED) is 0.698. The summed E-state index contributed by atoms with van der Waals surface area (Å²) in [4.78, 5) is 11.9. The van der Waals surface area contributed by atoms with Crippen molar-refractivity contribution in [2.24, 2.45) is 11.7 Å². The number of hydrogen-bond donors (Lipinski definition) is 1. The molecule has 2 N–H and O–H groups in total. The van der Waals surface area contributed by atoms with Gasteiger partial charge in [-0.05, 0) is 32.1 Å². The van der Waals surface area contributed by atoms with Crippen molar-refractivity contribution in [1.29, 1.82) is 0 Å². The third-order valence-corrected chi connectivity index (χ3v) is 3.52. The first-order valence-corrected chi connectivity index (χ1v) is 5.73. The van der Waals surface area contributed by atoms with E-state index in [2.05, 4.69) is 6.08 Å². The van der Waals surface area contributed by atoms with Gasteiger partial charge in [0.2, 0.25) is 0 Å². The molecule has 0 heterocycles. The summed E-state index contributed by atoms with van der Waals surface area (Å²) in [6, 6.07) is 0.143. The molecule has 0 saturated heterocycles. The Hall–Kier alpha value is -0.630. The summed E-state index contributed by atoms with van der Waals surface area (Å²) in [5, 5.41) is 0. The van der Waals surface area contributed by atoms with Crippen molar-refractivity contribution >= 4 is 5.78 Å². The van der Waals surface area contributed by atoms with Crippen LogP contribution in [0, 0.1) is 5.92 Å². The van der Waals surface area contributed by atoms with Crippen molar-refractivity contribution in [3.05, 3.63) is 11.6 Å². The second-order valence-corrected chi connectivity index (χ2v) is 4.60. The zero-order valence-electron chi connectivity index (χ0n) is 8.67. The van der Waals surface area contributed by atoms with Gasteiger partial charge in [0, 0.05) is 18.4 Å². The number of carbonyl (C=O) groups is 1. The van der Waals surface area contributed by atoms with Crippen LogP contribution in [0.1, 0.15) is 44.9 Å². The molecule has 78 valence electrons. The molecule has 0 aromatic carbocycles. The Bertz CT molecular complexity index is 257. The number of ketones is 1. The molecule has 14 heavy (non-hydrogen) atoms. The van der Waals surface area contributed by atoms with Gasteiger partial charge in [-0.2, -0.15) is 0 Å². The van der Waals surface area contributed by atoms with Crippen LogP contribution in [0.15, 0.2) is 11.6 Å². The average molecular weight is 193 g/mol. The first-order valence-electron chi connectivity index (χ1n) is 5.73. The molecule has 2 heteroatoms. The highest BCUT2D eigenvalue weighted by Crippen LogP contribution is 2.29. The van der Waals surface area contributed by atoms with E-state index in [1.165, 1.54) is 18.4 Å². The molecule has 1 fully saturated rings. The molecule has 0 aromatic rings. The Morgan fingerprint density at radius 3 is 2.86 bits per heavy atom. The largest absolute Gasteiger partial charge is 0.327 e. The van der Waals surface area contributed by atoms with E-state index >= 15 is 0 Å². The molecule has 1 saturated carbocycles. The van der Waals surface area contributed by atoms with Crippen LogP contribution in [-0.2, 0) is 4.79 Å². The second-order valence-electron chi connectivity index (χ2n) is 4.60. The van der Waals surface area contributed by atoms with Crippen LogP contribution in [-0.4, -0.2) is 11.8 Å². The van der Waals surface area contributed by atoms with Crippen LogP contribution in [0.25, 0.3) is 0 Å². The molecule has 0 bridgehead atoms. The van der Waals surface area contributed by atoms with Crippen LogP contribution in [0.4, 0.5) is 0 Å². The molecule has 2 nitrogen and oxygen atoms in total. The molecule has 0 aliphatic heterocycles. The second kappa shape index (κ2) is 4.26. The fourth-order valence-electron chi connectivity index (χ4n) is 2.64. The summed E-state index contributed by atoms with van der Waals surface area (Å²) in [7, 11) is 0. The highest BCUT2D eigenvalue weighted by Gasteiger charge is 2.30. The molecule has 0 radical (unpaired) electrons. The molecular formula is C12H19NO. The minimum Gasteiger partial charge on any atom is -0.327 e. The molecule has 2 atom stereocenters. The van der Waals surface area contributed by atoms with Crippen LogP contribution < -0.4 is 5.73 Å². The molecule has 0 aromatic heterocycles. The van der Waals surface area contributed by atoms with Gasteiger partial charge in [0.05, 0.1) is 0 Å². The third-order valence-electron chi connectivity index (χ3n) is 3.52. The lowest BCUT2D eigenvalue weighted by molar-refractivity contribution is -0.122. The van der Waals surface area contributed by atoms with Crippen LogP contribution >= 0.6 is 0 Å². The lowest BCUT2D eigenvalue weighted by Crippen LogP contribution is -2.30. The summed E-state index contributed by atoms with van der Waals surface area (Å²) < 4.78 is 0. The number of Topliss-reactive ketones (excluding diaryl/α,β-unsaturated/α-hetero) is 1. The van der Waals surface area contributed by atoms with Gasteiger partial charge in [-0.15, -0.1) is 0 Å². The number of carbonyl (C=O) groups excluding carboxylic acids is 1. The normalized spacial score (nSPS) is 31.9. The third kappa shape index (κ3) is 2.06. The van der Waals surface area contributed by atoms with Gasteiger partial charge in [0.25, 0.3) is 0 Å². The fourth-order valence-corrected chi connectivity index (χ4v) is 2.64. The Morgan fingerprint density at radius 1 is 1.43 bits per heavy atom. The Labute approximate surface area is 85.6 Å². The first-order chi connectivity index (χ1) is 6.77. The lowest BCUT2D eigenvalue weighted by Gasteiger charge is -2.13. The number of hydrogen-bond acceptors (Lipinski definition) is 2. The van der Waals surface area contributed by atoms with Crippen molar-refractivity contribution in [3.63, 3.8) is 0 Å². The molecular weight excluding hydrogens is 174 g/mol. The molecule has 0 spiro atoms. The topological polar surface area (TPSA) is 43.1 Å². The fraction of sp³-hybridized carbons (Fsp3) is 0.750. The monoisotopic (exact) mass is 193 g/mol. The first kappa shape index (κ1) is 9.91. The van der Waals surface area contributed by atoms with E-state index in [0.717, 1.165) is 25.7 Å². The van der Waals surface area contributed by atoms with Gasteiger partial charge < -0.3 is 5.73 Å². The lowest BCUT2D eigenvalue weighted by atomic mass is 9.94. The van der Waals surface area contributed by atoms with E-state index < -0.39 is 0 Å². The van der Waals surface area contributed by atoms with Gasteiger partial charge in [-0.1, -0.05) is 18.1 Å². The summed E-state index contributed by atoms with van der Waals surface area (Å²) in [5.41, 5.74) is 7.27. The maximum absolute atomic E-state index is 11.9. The zero-order valence-corrected chi connectivity index (χ0v) is 8.67. The number of nitrogens with two attached hydrogens (primary N) is 1. The van der Waals surface area contributed by atoms with Crippen molar-refractivity contribution in [3.8, 4) is 0 Å². The number of rotatable bonds is 3. The minimum absolute atomic E-state index is 0.143. The Kier molecular flexibility index (Phi) is 3.02. The molecule has 0 amide bonds. The van der Waals surface area contributed by atoms with Crippen LogP contribution in [0.2, 0.25) is 0 Å². The molecule has 2 aliphatic carbocycles. The van der Waals surface area contributed by atoms with Gasteiger partial charge >= 0.3 is 0 Å². The number of allylic oxidation sites excluding steroid dienone is 2. The summed E-state index contributed by atoms with van der Waals surface area (Å²) in [5.74, 6) is 0.555. The van der Waals surface area contributed by atoms with E-state index in [1.807, 2.05) is 0 Å². The van der Waals surface area contributed by atoms with E-state index in [1.54, 1.807) is 0 Å². The standard InChI is InChI=1S/C12H19NO/c13-11-7-3-6-10(11)12(14)8-9-4-1-2-5-9/h4,10-11H,1-3,5-8,13H2. The van der Waals surface area contributed by atoms with Gasteiger partial charge in [0.1, 0.15) is 5.78 Å². The minimum atomic E-state index is 0.143. The maximum atomic E-state index is 11.9. The molecule has 2 aliphatic rings. The van der Waals surface area contributed by atoms with Crippen molar-refractivity contribution in [1.82, 2.24) is 0 Å². The van der Waals surface area contributed by atoms with E-state index in [4.69, 9.17) is 5.73 Å². The maximum Gasteiger partial charge on any atom is 0.141 e. The SMILES string of the molecule is NC1CCCC1C(=O)CC1=CCCC1. The van der Waals surface area contributed by atoms with Crippen molar-refractivity contribution < 1.29 is 4.79 Å². The highest BCUT2D eigenvalue weighted by atomic mass is 16.1. The van der Waals surface area contributed by atoms with Crippen LogP contribution in [0.3, 0.4) is 0 Å². The molecule has 2 unspecified atom stereocenters. The Morgan fingerprint density at radius 2 is 2.29 bits per heavy atom. The summed E-state index contributed by atoms with van der Waals surface area (Å²) in [6.07, 6.45) is 9.64. The van der Waals surface area contributed by atoms with Crippen LogP contribution in [0.5, 0.6) is 0 Å². The predicted molar refractivity (Wildman–Crippen MR) is 56.9 cm³/mol.